The molecule has 1 aliphatic heterocycles. The fraction of sp³-hybridized carbons (Fsp3) is 0.316. The van der Waals surface area contributed by atoms with Gasteiger partial charge in [-0.1, -0.05) is 24.3 Å². The van der Waals surface area contributed by atoms with E-state index in [1.807, 2.05) is 41.2 Å². The van der Waals surface area contributed by atoms with E-state index in [1.165, 1.54) is 11.6 Å². The number of aryl methyl sites for hydroxylation is 2. The number of benzene rings is 1. The van der Waals surface area contributed by atoms with Gasteiger partial charge < -0.3 is 10.1 Å². The summed E-state index contributed by atoms with van der Waals surface area (Å²) < 4.78 is 1.82. The molecular weight excluding hydrogens is 330 g/mol. The van der Waals surface area contributed by atoms with Crippen molar-refractivity contribution in [1.29, 1.82) is 0 Å². The highest BCUT2D eigenvalue weighted by atomic mass is 16.3. The Hall–Kier alpha value is -2.77. The number of hydrogen-bond acceptors (Lipinski definition) is 5. The Morgan fingerprint density at radius 1 is 1.23 bits per heavy atom. The molecule has 0 atom stereocenters. The summed E-state index contributed by atoms with van der Waals surface area (Å²) in [5, 5.41) is 13.5. The summed E-state index contributed by atoms with van der Waals surface area (Å²) in [5.74, 6) is 0.582. The lowest BCUT2D eigenvalue weighted by molar-refractivity contribution is -0.00286. The molecule has 0 saturated carbocycles. The minimum absolute atomic E-state index is 0.149. The fourth-order valence-corrected chi connectivity index (χ4v) is 3.13. The zero-order valence-electron chi connectivity index (χ0n) is 14.4. The van der Waals surface area contributed by atoms with Crippen LogP contribution in [0.4, 0.5) is 0 Å². The van der Waals surface area contributed by atoms with Gasteiger partial charge in [-0.25, -0.2) is 4.98 Å². The molecule has 7 heteroatoms. The predicted octanol–water partition coefficient (Wildman–Crippen LogP) is 1.05. The van der Waals surface area contributed by atoms with Crippen molar-refractivity contribution in [2.75, 3.05) is 13.1 Å². The van der Waals surface area contributed by atoms with Crippen molar-refractivity contribution in [2.45, 2.75) is 25.6 Å². The van der Waals surface area contributed by atoms with Crippen LogP contribution in [-0.4, -0.2) is 48.9 Å². The summed E-state index contributed by atoms with van der Waals surface area (Å²) in [7, 11) is 0. The Bertz CT molecular complexity index is 912. The summed E-state index contributed by atoms with van der Waals surface area (Å²) in [6.45, 7) is 2.97. The van der Waals surface area contributed by atoms with Crippen LogP contribution < -0.4 is 5.56 Å². The maximum Gasteiger partial charge on any atom is 0.251 e. The number of H-pyrrole nitrogens is 1. The summed E-state index contributed by atoms with van der Waals surface area (Å²) in [6, 6.07) is 11.4. The number of β-amino-alcohol motifs (C(OH)–C–C–N with tert-alkyl or cyclic N) is 1. The van der Waals surface area contributed by atoms with Crippen LogP contribution >= 0.6 is 0 Å². The maximum atomic E-state index is 12.0. The van der Waals surface area contributed by atoms with E-state index in [4.69, 9.17) is 0 Å². The van der Waals surface area contributed by atoms with Crippen molar-refractivity contribution < 1.29 is 5.11 Å². The average molecular weight is 351 g/mol. The summed E-state index contributed by atoms with van der Waals surface area (Å²) in [6.07, 6.45) is 4.09. The van der Waals surface area contributed by atoms with Gasteiger partial charge in [0.2, 0.25) is 0 Å². The molecule has 134 valence electrons. The minimum atomic E-state index is -0.187. The second-order valence-electron chi connectivity index (χ2n) is 6.65. The molecule has 2 N–H and O–H groups in total. The van der Waals surface area contributed by atoms with Crippen molar-refractivity contribution in [3.63, 3.8) is 0 Å². The number of aliphatic hydroxyl groups is 1. The third-order valence-corrected chi connectivity index (χ3v) is 4.52. The quantitative estimate of drug-likeness (QED) is 0.693. The van der Waals surface area contributed by atoms with Gasteiger partial charge in [-0.05, 0) is 11.6 Å². The fourth-order valence-electron chi connectivity index (χ4n) is 3.13. The molecular formula is C19H21N5O2. The van der Waals surface area contributed by atoms with Crippen molar-refractivity contribution >= 4 is 0 Å². The molecule has 26 heavy (non-hydrogen) atoms. The first-order valence-corrected chi connectivity index (χ1v) is 8.73. The van der Waals surface area contributed by atoms with Crippen LogP contribution in [0, 0.1) is 0 Å². The number of nitrogens with one attached hydrogen (secondary N) is 1. The first-order chi connectivity index (χ1) is 12.7. The molecule has 0 unspecified atom stereocenters. The Morgan fingerprint density at radius 2 is 2.04 bits per heavy atom. The number of aromatic nitrogens is 4. The third kappa shape index (κ3) is 3.89. The van der Waals surface area contributed by atoms with Crippen LogP contribution in [0.3, 0.4) is 0 Å². The number of rotatable bonds is 6. The maximum absolute atomic E-state index is 12.0. The molecule has 1 saturated heterocycles. The number of hydrogen-bond donors (Lipinski definition) is 2. The number of aliphatic hydroxyl groups excluding tert-OH is 1. The zero-order valence-corrected chi connectivity index (χ0v) is 14.4. The molecule has 0 bridgehead atoms. The minimum Gasteiger partial charge on any atom is -0.390 e. The summed E-state index contributed by atoms with van der Waals surface area (Å²) in [4.78, 5) is 21.6. The Kier molecular flexibility index (Phi) is 4.64. The third-order valence-electron chi connectivity index (χ3n) is 4.52. The van der Waals surface area contributed by atoms with Crippen LogP contribution in [0.1, 0.15) is 11.3 Å². The normalized spacial score (nSPS) is 15.1. The van der Waals surface area contributed by atoms with Gasteiger partial charge in [-0.3, -0.25) is 14.4 Å². The van der Waals surface area contributed by atoms with Crippen molar-refractivity contribution in [3.05, 3.63) is 70.4 Å². The Morgan fingerprint density at radius 3 is 2.73 bits per heavy atom. The highest BCUT2D eigenvalue weighted by molar-refractivity contribution is 5.55. The molecule has 1 aromatic carbocycles. The van der Waals surface area contributed by atoms with Gasteiger partial charge in [0.05, 0.1) is 11.8 Å². The van der Waals surface area contributed by atoms with Crippen LogP contribution in [0.25, 0.3) is 11.4 Å². The van der Waals surface area contributed by atoms with Gasteiger partial charge in [0.1, 0.15) is 5.82 Å². The van der Waals surface area contributed by atoms with Crippen LogP contribution in [0.2, 0.25) is 0 Å². The van der Waals surface area contributed by atoms with Gasteiger partial charge in [-0.2, -0.15) is 5.10 Å². The molecule has 4 rings (SSSR count). The largest absolute Gasteiger partial charge is 0.390 e. The van der Waals surface area contributed by atoms with Gasteiger partial charge in [0.25, 0.3) is 5.56 Å². The SMILES string of the molecule is O=c1cc(CCn2cccn2)nc(-c2ccc(CN3CC(O)C3)cc2)[nH]1. The lowest BCUT2D eigenvalue weighted by atomic mass is 10.1. The van der Waals surface area contributed by atoms with E-state index in [9.17, 15) is 9.90 Å². The van der Waals surface area contributed by atoms with Crippen LogP contribution in [-0.2, 0) is 19.5 Å². The van der Waals surface area contributed by atoms with Crippen LogP contribution in [0.15, 0.2) is 53.6 Å². The van der Waals surface area contributed by atoms with Crippen LogP contribution in [0.5, 0.6) is 0 Å². The van der Waals surface area contributed by atoms with Crippen molar-refractivity contribution in [3.8, 4) is 11.4 Å². The molecule has 0 amide bonds. The summed E-state index contributed by atoms with van der Waals surface area (Å²) >= 11 is 0. The monoisotopic (exact) mass is 351 g/mol. The smallest absolute Gasteiger partial charge is 0.251 e. The predicted molar refractivity (Wildman–Crippen MR) is 97.5 cm³/mol. The van der Waals surface area contributed by atoms with E-state index >= 15 is 0 Å². The van der Waals surface area contributed by atoms with Crippen molar-refractivity contribution in [2.24, 2.45) is 0 Å². The highest BCUT2D eigenvalue weighted by Gasteiger charge is 2.23. The molecule has 1 aliphatic rings. The van der Waals surface area contributed by atoms with E-state index < -0.39 is 0 Å². The molecule has 0 spiro atoms. The number of aromatic amines is 1. The Balaban J connectivity index is 1.47. The van der Waals surface area contributed by atoms with Gasteiger partial charge in [0.15, 0.2) is 0 Å². The Labute approximate surface area is 150 Å². The number of likely N-dealkylation sites (tertiary alicyclic amines) is 1. The second-order valence-corrected chi connectivity index (χ2v) is 6.65. The first kappa shape index (κ1) is 16.7. The zero-order chi connectivity index (χ0) is 17.9. The van der Waals surface area contributed by atoms with Gasteiger partial charge >= 0.3 is 0 Å². The van der Waals surface area contributed by atoms with E-state index in [0.717, 1.165) is 30.9 Å². The second kappa shape index (κ2) is 7.23. The molecule has 0 aliphatic carbocycles. The van der Waals surface area contributed by atoms with E-state index in [2.05, 4.69) is 20.0 Å². The van der Waals surface area contributed by atoms with Gasteiger partial charge in [-0.15, -0.1) is 0 Å². The number of nitrogens with zero attached hydrogens (tertiary/aromatic N) is 4. The lowest BCUT2D eigenvalue weighted by Crippen LogP contribution is -2.49. The molecule has 0 radical (unpaired) electrons. The highest BCUT2D eigenvalue weighted by Crippen LogP contribution is 2.18. The van der Waals surface area contributed by atoms with E-state index in [0.29, 0.717) is 18.8 Å². The molecule has 3 heterocycles. The van der Waals surface area contributed by atoms with Crippen molar-refractivity contribution in [1.82, 2.24) is 24.6 Å². The molecule has 1 fully saturated rings. The molecule has 2 aromatic heterocycles. The van der Waals surface area contributed by atoms with Gasteiger partial charge in [0, 0.05) is 56.6 Å². The molecule has 7 nitrogen and oxygen atoms in total. The topological polar surface area (TPSA) is 87.0 Å². The summed E-state index contributed by atoms with van der Waals surface area (Å²) in [5.41, 5.74) is 2.66. The average Bonchev–Trinajstić information content (AvgIpc) is 3.12. The lowest BCUT2D eigenvalue weighted by Gasteiger charge is -2.35. The first-order valence-electron chi connectivity index (χ1n) is 8.73. The van der Waals surface area contributed by atoms with E-state index in [1.54, 1.807) is 6.20 Å². The van der Waals surface area contributed by atoms with E-state index in [-0.39, 0.29) is 11.7 Å². The standard InChI is InChI=1S/C19H21N5O2/c25-17-12-23(13-17)11-14-2-4-15(5-3-14)19-21-16(10-18(26)22-19)6-9-24-8-1-7-20-24/h1-5,7-8,10,17,25H,6,9,11-13H2,(H,21,22,26). The molecule has 3 aromatic rings.